The summed E-state index contributed by atoms with van der Waals surface area (Å²) in [5.74, 6) is -1.02. The standard InChI is InChI=1S/2C10H12O3.C3H8O2/c1-2-7-13-10(12)8-3-5-9(11)6-4-8;1-2-3-7-6-8(11)4-5-9(7)10(12)13;1-3(5)2-4/h3-6,11H,2,7H2,1H3;4-6,11H,2-3H2,1H3,(H,12,13);3-5H,2H2,1H3. The maximum Gasteiger partial charge on any atom is 0.338 e. The van der Waals surface area contributed by atoms with Crippen molar-refractivity contribution in [3.05, 3.63) is 59.2 Å². The van der Waals surface area contributed by atoms with Crippen molar-refractivity contribution in [3.63, 3.8) is 0 Å². The number of carboxylic acid groups (broad SMARTS) is 1. The molecule has 0 bridgehead atoms. The molecule has 0 heterocycles. The van der Waals surface area contributed by atoms with Crippen LogP contribution >= 0.6 is 0 Å². The summed E-state index contributed by atoms with van der Waals surface area (Å²) in [6.07, 6.45) is 1.79. The number of hydrogen-bond donors (Lipinski definition) is 5. The molecule has 0 aliphatic heterocycles. The second kappa shape index (κ2) is 15.7. The van der Waals surface area contributed by atoms with Gasteiger partial charge in [0.25, 0.3) is 0 Å². The zero-order valence-corrected chi connectivity index (χ0v) is 18.1. The normalized spacial score (nSPS) is 10.6. The lowest BCUT2D eigenvalue weighted by molar-refractivity contribution is 0.0504. The lowest BCUT2D eigenvalue weighted by atomic mass is 10.0. The molecule has 2 aromatic carbocycles. The number of aromatic carboxylic acids is 1. The first-order valence-electron chi connectivity index (χ1n) is 9.96. The molecular formula is C23H32O8. The van der Waals surface area contributed by atoms with Crippen molar-refractivity contribution in [2.75, 3.05) is 13.2 Å². The molecule has 0 radical (unpaired) electrons. The first kappa shape index (κ1) is 27.9. The topological polar surface area (TPSA) is 145 Å². The number of ether oxygens (including phenoxy) is 1. The molecule has 0 saturated heterocycles. The average molecular weight is 437 g/mol. The van der Waals surface area contributed by atoms with Crippen molar-refractivity contribution in [2.45, 2.75) is 46.1 Å². The van der Waals surface area contributed by atoms with Crippen LogP contribution < -0.4 is 0 Å². The van der Waals surface area contributed by atoms with Gasteiger partial charge in [0.05, 0.1) is 30.4 Å². The van der Waals surface area contributed by atoms with E-state index < -0.39 is 12.1 Å². The number of carbonyl (C=O) groups is 2. The number of phenolic OH excluding ortho intramolecular Hbond substituents is 2. The van der Waals surface area contributed by atoms with Gasteiger partial charge >= 0.3 is 11.9 Å². The number of rotatable bonds is 7. The number of hydrogen-bond acceptors (Lipinski definition) is 7. The Morgan fingerprint density at radius 1 is 0.968 bits per heavy atom. The third-order valence-electron chi connectivity index (χ3n) is 3.64. The fourth-order valence-corrected chi connectivity index (χ4v) is 2.14. The number of carbonyl (C=O) groups excluding carboxylic acids is 1. The Labute approximate surface area is 182 Å². The lowest BCUT2D eigenvalue weighted by Crippen LogP contribution is -2.05. The van der Waals surface area contributed by atoms with Crippen LogP contribution in [0.5, 0.6) is 11.5 Å². The molecule has 0 fully saturated rings. The molecule has 172 valence electrons. The minimum absolute atomic E-state index is 0.119. The molecule has 8 nitrogen and oxygen atoms in total. The summed E-state index contributed by atoms with van der Waals surface area (Å²) in [4.78, 5) is 21.9. The average Bonchev–Trinajstić information content (AvgIpc) is 2.73. The highest BCUT2D eigenvalue weighted by molar-refractivity contribution is 5.90. The largest absolute Gasteiger partial charge is 0.508 e. The SMILES string of the molecule is CC(O)CO.CCCOC(=O)c1ccc(O)cc1.CCCc1cc(O)ccc1C(=O)O. The number of aliphatic hydroxyl groups excluding tert-OH is 2. The molecule has 5 N–H and O–H groups in total. The van der Waals surface area contributed by atoms with Crippen LogP contribution in [0.2, 0.25) is 0 Å². The zero-order valence-electron chi connectivity index (χ0n) is 18.1. The summed E-state index contributed by atoms with van der Waals surface area (Å²) in [6.45, 7) is 5.72. The monoisotopic (exact) mass is 436 g/mol. The van der Waals surface area contributed by atoms with Crippen molar-refractivity contribution in [1.29, 1.82) is 0 Å². The second-order valence-electron chi connectivity index (χ2n) is 6.61. The van der Waals surface area contributed by atoms with Crippen LogP contribution in [-0.2, 0) is 11.2 Å². The van der Waals surface area contributed by atoms with Crippen molar-refractivity contribution in [1.82, 2.24) is 0 Å². The molecule has 0 amide bonds. The number of aliphatic hydroxyl groups is 2. The van der Waals surface area contributed by atoms with Crippen LogP contribution in [-0.4, -0.2) is 56.8 Å². The van der Waals surface area contributed by atoms with Gasteiger partial charge in [-0.1, -0.05) is 20.3 Å². The number of aromatic hydroxyl groups is 2. The Hall–Kier alpha value is -3.10. The Morgan fingerprint density at radius 2 is 1.52 bits per heavy atom. The van der Waals surface area contributed by atoms with E-state index in [4.69, 9.17) is 30.3 Å². The molecule has 1 atom stereocenters. The number of phenols is 2. The molecule has 0 saturated carbocycles. The van der Waals surface area contributed by atoms with Crippen LogP contribution in [0.25, 0.3) is 0 Å². The third-order valence-corrected chi connectivity index (χ3v) is 3.64. The Kier molecular flexibility index (Phi) is 14.1. The molecule has 31 heavy (non-hydrogen) atoms. The summed E-state index contributed by atoms with van der Waals surface area (Å²) in [5.41, 5.74) is 1.43. The van der Waals surface area contributed by atoms with Crippen LogP contribution in [0.1, 0.15) is 59.9 Å². The van der Waals surface area contributed by atoms with Gasteiger partial charge < -0.3 is 30.3 Å². The quantitative estimate of drug-likeness (QED) is 0.416. The van der Waals surface area contributed by atoms with E-state index in [2.05, 4.69) is 0 Å². The predicted octanol–water partition coefficient (Wildman–Crippen LogP) is 3.36. The molecule has 0 aliphatic carbocycles. The van der Waals surface area contributed by atoms with E-state index in [9.17, 15) is 9.59 Å². The lowest BCUT2D eigenvalue weighted by Gasteiger charge is -2.04. The maximum atomic E-state index is 11.2. The van der Waals surface area contributed by atoms with E-state index in [-0.39, 0.29) is 29.6 Å². The fourth-order valence-electron chi connectivity index (χ4n) is 2.14. The summed E-state index contributed by atoms with van der Waals surface area (Å²) in [6, 6.07) is 10.3. The van der Waals surface area contributed by atoms with Gasteiger partial charge in [0.2, 0.25) is 0 Å². The van der Waals surface area contributed by atoms with E-state index >= 15 is 0 Å². The first-order valence-corrected chi connectivity index (χ1v) is 9.96. The number of esters is 1. The van der Waals surface area contributed by atoms with E-state index in [1.54, 1.807) is 0 Å². The van der Waals surface area contributed by atoms with Gasteiger partial charge in [-0.2, -0.15) is 0 Å². The van der Waals surface area contributed by atoms with Crippen molar-refractivity contribution in [2.24, 2.45) is 0 Å². The van der Waals surface area contributed by atoms with Gasteiger partial charge in [-0.15, -0.1) is 0 Å². The Balaban J connectivity index is 0.000000479. The highest BCUT2D eigenvalue weighted by Crippen LogP contribution is 2.18. The summed E-state index contributed by atoms with van der Waals surface area (Å²) >= 11 is 0. The molecule has 2 rings (SSSR count). The van der Waals surface area contributed by atoms with Gasteiger partial charge in [-0.3, -0.25) is 0 Å². The first-order chi connectivity index (χ1) is 14.7. The van der Waals surface area contributed by atoms with Gasteiger partial charge in [0.1, 0.15) is 11.5 Å². The van der Waals surface area contributed by atoms with Crippen molar-refractivity contribution in [3.8, 4) is 11.5 Å². The minimum Gasteiger partial charge on any atom is -0.508 e. The highest BCUT2D eigenvalue weighted by atomic mass is 16.5. The summed E-state index contributed by atoms with van der Waals surface area (Å²) in [5, 5.41) is 42.9. The van der Waals surface area contributed by atoms with Crippen molar-refractivity contribution >= 4 is 11.9 Å². The fraction of sp³-hybridized carbons (Fsp3) is 0.391. The van der Waals surface area contributed by atoms with Gasteiger partial charge in [0, 0.05) is 0 Å². The van der Waals surface area contributed by atoms with E-state index in [0.29, 0.717) is 24.2 Å². The Morgan fingerprint density at radius 3 is 1.97 bits per heavy atom. The van der Waals surface area contributed by atoms with Crippen molar-refractivity contribution < 1.29 is 39.9 Å². The smallest absolute Gasteiger partial charge is 0.338 e. The molecule has 0 aromatic heterocycles. The van der Waals surface area contributed by atoms with E-state index in [1.165, 1.54) is 49.4 Å². The Bertz CT molecular complexity index is 785. The third kappa shape index (κ3) is 12.2. The molecule has 0 spiro atoms. The zero-order chi connectivity index (χ0) is 23.8. The van der Waals surface area contributed by atoms with Crippen LogP contribution in [0.15, 0.2) is 42.5 Å². The summed E-state index contributed by atoms with van der Waals surface area (Å²) in [7, 11) is 0. The van der Waals surface area contributed by atoms with E-state index in [1.807, 2.05) is 13.8 Å². The predicted molar refractivity (Wildman–Crippen MR) is 117 cm³/mol. The summed E-state index contributed by atoms with van der Waals surface area (Å²) < 4.78 is 4.90. The maximum absolute atomic E-state index is 11.2. The van der Waals surface area contributed by atoms with Crippen LogP contribution in [0, 0.1) is 0 Å². The number of benzene rings is 2. The number of aryl methyl sites for hydroxylation is 1. The van der Waals surface area contributed by atoms with Gasteiger partial charge in [0.15, 0.2) is 0 Å². The molecule has 2 aromatic rings. The molecular weight excluding hydrogens is 404 g/mol. The molecule has 0 aliphatic rings. The van der Waals surface area contributed by atoms with Crippen LogP contribution in [0.4, 0.5) is 0 Å². The van der Waals surface area contributed by atoms with Crippen LogP contribution in [0.3, 0.4) is 0 Å². The highest BCUT2D eigenvalue weighted by Gasteiger charge is 2.09. The van der Waals surface area contributed by atoms with Gasteiger partial charge in [-0.05, 0) is 67.8 Å². The van der Waals surface area contributed by atoms with Gasteiger partial charge in [-0.25, -0.2) is 9.59 Å². The minimum atomic E-state index is -0.941. The molecule has 8 heteroatoms. The van der Waals surface area contributed by atoms with E-state index in [0.717, 1.165) is 12.8 Å². The number of carboxylic acids is 1. The second-order valence-corrected chi connectivity index (χ2v) is 6.61. The molecule has 1 unspecified atom stereocenters.